The number of carbonyl (C=O) groups excluding carboxylic acids is 3. The van der Waals surface area contributed by atoms with Gasteiger partial charge in [-0.25, -0.2) is 14.6 Å². The molecular weight excluding hydrogens is 721 g/mol. The zero-order valence-electron chi connectivity index (χ0n) is 28.1. The van der Waals surface area contributed by atoms with Gasteiger partial charge in [0.05, 0.1) is 13.2 Å². The van der Waals surface area contributed by atoms with Crippen LogP contribution in [0.3, 0.4) is 0 Å². The van der Waals surface area contributed by atoms with Crippen LogP contribution in [0.5, 0.6) is 0 Å². The Labute approximate surface area is 312 Å². The molecule has 4 aromatic rings. The molecule has 4 N–H and O–H groups in total. The van der Waals surface area contributed by atoms with Crippen LogP contribution < -0.4 is 10.6 Å². The summed E-state index contributed by atoms with van der Waals surface area (Å²) in [5.41, 5.74) is 1.54. The summed E-state index contributed by atoms with van der Waals surface area (Å²) < 4.78 is 10.6. The van der Waals surface area contributed by atoms with E-state index in [2.05, 4.69) is 20.8 Å². The Morgan fingerprint density at radius 3 is 2.08 bits per heavy atom. The van der Waals surface area contributed by atoms with Gasteiger partial charge < -0.3 is 35.3 Å². The van der Waals surface area contributed by atoms with Crippen molar-refractivity contribution >= 4 is 57.8 Å². The van der Waals surface area contributed by atoms with Crippen molar-refractivity contribution in [2.75, 3.05) is 44.0 Å². The fourth-order valence-corrected chi connectivity index (χ4v) is 8.66. The Morgan fingerprint density at radius 2 is 1.53 bits per heavy atom. The molecule has 3 amide bonds. The van der Waals surface area contributed by atoms with Gasteiger partial charge in [-0.05, 0) is 16.7 Å². The molecule has 3 aliphatic rings. The van der Waals surface area contributed by atoms with Crippen LogP contribution in [-0.4, -0.2) is 105 Å². The second kappa shape index (κ2) is 15.5. The summed E-state index contributed by atoms with van der Waals surface area (Å²) in [5.74, 6) is -2.74. The van der Waals surface area contributed by atoms with Crippen molar-refractivity contribution in [3.8, 4) is 0 Å². The number of morpholine rings is 1. The molecule has 0 unspecified atom stereocenters. The molecule has 53 heavy (non-hydrogen) atoms. The van der Waals surface area contributed by atoms with Crippen LogP contribution in [0.4, 0.5) is 9.93 Å². The molecule has 14 nitrogen and oxygen atoms in total. The summed E-state index contributed by atoms with van der Waals surface area (Å²) in [5, 5.41) is 30.8. The smallest absolute Gasteiger partial charge is 0.410 e. The van der Waals surface area contributed by atoms with Gasteiger partial charge in [-0.15, -0.1) is 23.1 Å². The minimum atomic E-state index is -1.36. The van der Waals surface area contributed by atoms with E-state index in [0.29, 0.717) is 31.4 Å². The molecule has 7 rings (SSSR count). The Hall–Kier alpha value is -5.71. The molecule has 4 heterocycles. The Morgan fingerprint density at radius 1 is 0.943 bits per heavy atom. The lowest BCUT2D eigenvalue weighted by Gasteiger charge is -2.49. The third-order valence-electron chi connectivity index (χ3n) is 9.15. The third-order valence-corrected chi connectivity index (χ3v) is 11.2. The van der Waals surface area contributed by atoms with Gasteiger partial charge in [0, 0.05) is 29.8 Å². The number of amides is 3. The first-order valence-electron chi connectivity index (χ1n) is 16.6. The van der Waals surface area contributed by atoms with Crippen LogP contribution in [0.25, 0.3) is 0 Å². The van der Waals surface area contributed by atoms with Gasteiger partial charge in [-0.2, -0.15) is 0 Å². The van der Waals surface area contributed by atoms with E-state index in [1.54, 1.807) is 5.38 Å². The van der Waals surface area contributed by atoms with Crippen molar-refractivity contribution in [2.24, 2.45) is 5.16 Å². The third kappa shape index (κ3) is 6.95. The summed E-state index contributed by atoms with van der Waals surface area (Å²) >= 11 is 2.43. The monoisotopic (exact) mass is 754 g/mol. The van der Waals surface area contributed by atoms with Crippen molar-refractivity contribution in [1.29, 1.82) is 0 Å². The first-order chi connectivity index (χ1) is 25.8. The number of rotatable bonds is 11. The van der Waals surface area contributed by atoms with E-state index >= 15 is 0 Å². The largest absolute Gasteiger partial charge is 0.477 e. The quantitative estimate of drug-likeness (QED) is 0.0573. The van der Waals surface area contributed by atoms with Gasteiger partial charge in [-0.1, -0.05) is 96.2 Å². The van der Waals surface area contributed by atoms with Crippen molar-refractivity contribution in [3.63, 3.8) is 0 Å². The van der Waals surface area contributed by atoms with E-state index in [1.807, 2.05) is 91.0 Å². The number of nitrogens with one attached hydrogen (secondary N) is 2. The summed E-state index contributed by atoms with van der Waals surface area (Å²) in [7, 11) is 0. The molecule has 0 spiro atoms. The molecule has 272 valence electrons. The van der Waals surface area contributed by atoms with Crippen LogP contribution in [-0.2, 0) is 29.4 Å². The van der Waals surface area contributed by atoms with Gasteiger partial charge in [0.15, 0.2) is 10.8 Å². The van der Waals surface area contributed by atoms with E-state index in [1.165, 1.54) is 28.0 Å². The number of carboxylic acid groups (broad SMARTS) is 1. The zero-order chi connectivity index (χ0) is 37.0. The molecule has 3 aliphatic heterocycles. The number of oxime groups is 1. The average molecular weight is 755 g/mol. The maximum atomic E-state index is 13.5. The van der Waals surface area contributed by atoms with Crippen molar-refractivity contribution in [1.82, 2.24) is 20.1 Å². The molecule has 16 heteroatoms. The highest BCUT2D eigenvalue weighted by Crippen LogP contribution is 2.42. The van der Waals surface area contributed by atoms with Gasteiger partial charge in [0.25, 0.3) is 11.8 Å². The number of aliphatic carboxylic acids is 1. The fraction of sp³-hybridized carbons (Fsp3) is 0.243. The minimum absolute atomic E-state index is 0.0657. The zero-order valence-corrected chi connectivity index (χ0v) is 29.7. The summed E-state index contributed by atoms with van der Waals surface area (Å²) in [6, 6.07) is 28.5. The standard InChI is InChI=1S/C37H34N6O8S2/c44-31(39-29-32(45)43-30(34(46)47)23(21-52-33(29)43)20-51-36(48)42-16-18-50-19-17-42)28(41-49)27-22-53-35(38-27)40-37(24-10-4-1-5-11-24,25-12-6-2-7-13-25)26-14-8-3-9-15-26/h1-15,22,29,33,49H,16-21H2,(H,38,40)(H,39,44)(H,46,47)/b41-28-/t29-,33-/m1/s1. The second-order valence-corrected chi connectivity index (χ2v) is 14.2. The van der Waals surface area contributed by atoms with Gasteiger partial charge in [0.2, 0.25) is 0 Å². The van der Waals surface area contributed by atoms with Crippen LogP contribution in [0, 0.1) is 0 Å². The number of carbonyl (C=O) groups is 4. The van der Waals surface area contributed by atoms with Gasteiger partial charge in [-0.3, -0.25) is 14.5 Å². The molecule has 2 saturated heterocycles. The SMILES string of the molecule is O=C(O)C1=C(COC(=O)N2CCOCC2)CS[C@@H]2[C@H](NC(=O)/C(=N\O)c3csc(NC(c4ccccc4)(c4ccccc4)c4ccccc4)n3)C(=O)N12. The molecular formula is C37H34N6O8S2. The second-order valence-electron chi connectivity index (χ2n) is 12.2. The lowest BCUT2D eigenvalue weighted by atomic mass is 9.77. The van der Waals surface area contributed by atoms with Crippen molar-refractivity contribution < 1.29 is 39.0 Å². The molecule has 0 aliphatic carbocycles. The summed E-state index contributed by atoms with van der Waals surface area (Å²) in [4.78, 5) is 58.9. The highest BCUT2D eigenvalue weighted by Gasteiger charge is 2.54. The van der Waals surface area contributed by atoms with E-state index in [0.717, 1.165) is 21.6 Å². The number of carboxylic acids is 1. The first kappa shape index (κ1) is 35.7. The van der Waals surface area contributed by atoms with Crippen LogP contribution in [0.1, 0.15) is 22.4 Å². The maximum Gasteiger partial charge on any atom is 0.410 e. The summed E-state index contributed by atoms with van der Waals surface area (Å²) in [6.45, 7) is 1.18. The van der Waals surface area contributed by atoms with E-state index in [-0.39, 0.29) is 29.3 Å². The van der Waals surface area contributed by atoms with Crippen molar-refractivity contribution in [2.45, 2.75) is 17.0 Å². The number of thioether (sulfide) groups is 1. The van der Waals surface area contributed by atoms with Crippen LogP contribution >= 0.6 is 23.1 Å². The molecule has 0 saturated carbocycles. The normalized spacial score (nSPS) is 18.9. The Balaban J connectivity index is 1.08. The number of hydrogen-bond donors (Lipinski definition) is 4. The molecule has 2 atom stereocenters. The van der Waals surface area contributed by atoms with E-state index < -0.39 is 46.5 Å². The number of ether oxygens (including phenoxy) is 2. The van der Waals surface area contributed by atoms with Crippen LogP contribution in [0.15, 0.2) is 113 Å². The predicted octanol–water partition coefficient (Wildman–Crippen LogP) is 3.93. The lowest BCUT2D eigenvalue weighted by molar-refractivity contribution is -0.150. The molecule has 0 bridgehead atoms. The van der Waals surface area contributed by atoms with Gasteiger partial charge >= 0.3 is 12.1 Å². The highest BCUT2D eigenvalue weighted by molar-refractivity contribution is 8.00. The molecule has 3 aromatic carbocycles. The number of hydrogen-bond acceptors (Lipinski definition) is 12. The summed E-state index contributed by atoms with van der Waals surface area (Å²) in [6.07, 6.45) is -0.597. The molecule has 0 radical (unpaired) electrons. The van der Waals surface area contributed by atoms with Gasteiger partial charge in [0.1, 0.15) is 35.0 Å². The number of aromatic nitrogens is 1. The van der Waals surface area contributed by atoms with Crippen molar-refractivity contribution in [3.05, 3.63) is 130 Å². The maximum absolute atomic E-state index is 13.5. The first-order valence-corrected chi connectivity index (χ1v) is 18.6. The average Bonchev–Trinajstić information content (AvgIpc) is 3.66. The number of thiazole rings is 1. The number of β-lactam (4-membered cyclic amide) rings is 1. The Bertz CT molecular complexity index is 1960. The van der Waals surface area contributed by atoms with E-state index in [4.69, 9.17) is 9.47 Å². The number of benzene rings is 3. The predicted molar refractivity (Wildman–Crippen MR) is 197 cm³/mol. The lowest BCUT2D eigenvalue weighted by Crippen LogP contribution is -2.71. The number of nitrogens with zero attached hydrogens (tertiary/aromatic N) is 4. The fourth-order valence-electron chi connectivity index (χ4n) is 6.58. The topological polar surface area (TPSA) is 183 Å². The van der Waals surface area contributed by atoms with E-state index in [9.17, 15) is 29.5 Å². The Kier molecular flexibility index (Phi) is 10.4. The number of fused-ring (bicyclic) bond motifs is 1. The highest BCUT2D eigenvalue weighted by atomic mass is 32.2. The van der Waals surface area contributed by atoms with Crippen LogP contribution in [0.2, 0.25) is 0 Å². The number of anilines is 1. The molecule has 1 aromatic heterocycles. The molecule has 2 fully saturated rings. The minimum Gasteiger partial charge on any atom is -0.477 e.